The zero-order chi connectivity index (χ0) is 22.5. The summed E-state index contributed by atoms with van der Waals surface area (Å²) in [5, 5.41) is 7.25. The van der Waals surface area contributed by atoms with Crippen LogP contribution in [-0.2, 0) is 9.59 Å². The summed E-state index contributed by atoms with van der Waals surface area (Å²) >= 11 is 9.16. The highest BCUT2D eigenvalue weighted by atomic mass is 35.5. The summed E-state index contributed by atoms with van der Waals surface area (Å²) in [6, 6.07) is 1.80. The van der Waals surface area contributed by atoms with Crippen molar-refractivity contribution in [1.29, 1.82) is 0 Å². The van der Waals surface area contributed by atoms with E-state index in [1.807, 2.05) is 37.5 Å². The maximum absolute atomic E-state index is 12.3. The summed E-state index contributed by atoms with van der Waals surface area (Å²) < 4.78 is 1.65. The number of likely N-dealkylation sites (N-methyl/N-ethyl adjacent to an activating group) is 2. The number of nitrogens with one attached hydrogen (secondary N) is 2. The van der Waals surface area contributed by atoms with Gasteiger partial charge in [0.15, 0.2) is 10.3 Å². The molecule has 2 amide bonds. The lowest BCUT2D eigenvalue weighted by Crippen LogP contribution is -2.32. The number of hydrogen-bond donors (Lipinski definition) is 2. The zero-order valence-corrected chi connectivity index (χ0v) is 20.5. The van der Waals surface area contributed by atoms with E-state index in [2.05, 4.69) is 20.6 Å². The number of amides is 2. The molecular weight excluding hydrogens is 456 g/mol. The van der Waals surface area contributed by atoms with E-state index < -0.39 is 0 Å². The number of thiazole rings is 2. The average Bonchev–Trinajstić information content (AvgIpc) is 3.34. The van der Waals surface area contributed by atoms with E-state index in [0.29, 0.717) is 33.9 Å². The molecule has 0 aliphatic heterocycles. The maximum atomic E-state index is 12.3. The van der Waals surface area contributed by atoms with E-state index in [1.165, 1.54) is 22.7 Å². The Balaban J connectivity index is 1.83. The van der Waals surface area contributed by atoms with Crippen LogP contribution in [0.5, 0.6) is 0 Å². The number of halogens is 1. The lowest BCUT2D eigenvalue weighted by Gasteiger charge is -2.16. The van der Waals surface area contributed by atoms with Crippen LogP contribution in [0.3, 0.4) is 0 Å². The number of carbonyl (C=O) groups is 2. The number of benzene rings is 1. The molecule has 0 saturated heterocycles. The van der Waals surface area contributed by atoms with Crippen molar-refractivity contribution < 1.29 is 9.59 Å². The first kappa shape index (κ1) is 23.8. The summed E-state index contributed by atoms with van der Waals surface area (Å²) in [7, 11) is 0. The summed E-state index contributed by atoms with van der Waals surface area (Å²) in [6.07, 6.45) is 0. The van der Waals surface area contributed by atoms with Crippen molar-refractivity contribution in [3.05, 3.63) is 11.1 Å². The van der Waals surface area contributed by atoms with Gasteiger partial charge in [0.25, 0.3) is 0 Å². The number of rotatable bonds is 10. The SMILES string of the molecule is CCN(CC)CC(=O)Nc1nc2c(cc(Cl)c3nc(NC(=O)CN(CC)CC)sc32)s1. The fourth-order valence-electron chi connectivity index (χ4n) is 3.14. The second-order valence-corrected chi connectivity index (χ2v) is 9.38. The normalized spacial score (nSPS) is 11.7. The van der Waals surface area contributed by atoms with Crippen LogP contribution < -0.4 is 10.6 Å². The number of aromatic nitrogens is 2. The summed E-state index contributed by atoms with van der Waals surface area (Å²) in [6.45, 7) is 11.9. The molecule has 1 aromatic carbocycles. The fraction of sp³-hybridized carbons (Fsp3) is 0.500. The zero-order valence-electron chi connectivity index (χ0n) is 18.1. The second kappa shape index (κ2) is 10.6. The third kappa shape index (κ3) is 5.69. The average molecular weight is 483 g/mol. The van der Waals surface area contributed by atoms with Gasteiger partial charge in [0.05, 0.1) is 27.5 Å². The Morgan fingerprint density at radius 3 is 1.87 bits per heavy atom. The number of fused-ring (bicyclic) bond motifs is 3. The predicted molar refractivity (Wildman–Crippen MR) is 131 cm³/mol. The van der Waals surface area contributed by atoms with Gasteiger partial charge in [-0.3, -0.25) is 19.4 Å². The summed E-state index contributed by atoms with van der Waals surface area (Å²) in [5.74, 6) is -0.212. The highest BCUT2D eigenvalue weighted by Crippen LogP contribution is 2.40. The summed E-state index contributed by atoms with van der Waals surface area (Å²) in [5.41, 5.74) is 1.33. The molecular formula is C20H27ClN6O2S2. The smallest absolute Gasteiger partial charge is 0.240 e. The van der Waals surface area contributed by atoms with Crippen molar-refractivity contribution in [2.75, 3.05) is 49.9 Å². The molecule has 3 aromatic rings. The number of carbonyl (C=O) groups excluding carboxylic acids is 2. The quantitative estimate of drug-likeness (QED) is 0.451. The molecule has 0 spiro atoms. The van der Waals surface area contributed by atoms with Gasteiger partial charge >= 0.3 is 0 Å². The van der Waals surface area contributed by atoms with Crippen molar-refractivity contribution in [3.8, 4) is 0 Å². The largest absolute Gasteiger partial charge is 0.301 e. The van der Waals surface area contributed by atoms with Gasteiger partial charge in [-0.25, -0.2) is 9.97 Å². The van der Waals surface area contributed by atoms with E-state index in [9.17, 15) is 9.59 Å². The molecule has 0 aliphatic carbocycles. The van der Waals surface area contributed by atoms with Gasteiger partial charge in [0.1, 0.15) is 11.0 Å². The Kier molecular flexibility index (Phi) is 8.17. The minimum absolute atomic E-state index is 0.0984. The Labute approximate surface area is 194 Å². The van der Waals surface area contributed by atoms with Gasteiger partial charge in [0, 0.05) is 0 Å². The molecule has 2 heterocycles. The first-order chi connectivity index (χ1) is 14.9. The third-order valence-corrected chi connectivity index (χ3v) is 7.18. The van der Waals surface area contributed by atoms with Crippen LogP contribution in [0, 0.1) is 0 Å². The van der Waals surface area contributed by atoms with Crippen LogP contribution in [0.25, 0.3) is 20.4 Å². The van der Waals surface area contributed by atoms with E-state index in [0.717, 1.165) is 41.1 Å². The minimum Gasteiger partial charge on any atom is -0.301 e. The Hall–Kier alpha value is -1.85. The van der Waals surface area contributed by atoms with Crippen LogP contribution in [0.2, 0.25) is 5.02 Å². The predicted octanol–water partition coefficient (Wildman–Crippen LogP) is 4.12. The van der Waals surface area contributed by atoms with Crippen LogP contribution >= 0.6 is 34.3 Å². The molecule has 0 unspecified atom stereocenters. The van der Waals surface area contributed by atoms with Gasteiger partial charge in [-0.2, -0.15) is 0 Å². The molecule has 2 aromatic heterocycles. The van der Waals surface area contributed by atoms with Crippen molar-refractivity contribution in [2.45, 2.75) is 27.7 Å². The lowest BCUT2D eigenvalue weighted by molar-refractivity contribution is -0.118. The molecule has 0 radical (unpaired) electrons. The van der Waals surface area contributed by atoms with Gasteiger partial charge in [-0.05, 0) is 32.2 Å². The maximum Gasteiger partial charge on any atom is 0.240 e. The van der Waals surface area contributed by atoms with Gasteiger partial charge in [-0.1, -0.05) is 62.0 Å². The molecule has 3 rings (SSSR count). The minimum atomic E-state index is -0.113. The monoisotopic (exact) mass is 482 g/mol. The summed E-state index contributed by atoms with van der Waals surface area (Å²) in [4.78, 5) is 37.9. The van der Waals surface area contributed by atoms with E-state index >= 15 is 0 Å². The third-order valence-electron chi connectivity index (χ3n) is 5.00. The first-order valence-electron chi connectivity index (χ1n) is 10.3. The molecule has 0 bridgehead atoms. The fourth-order valence-corrected chi connectivity index (χ4v) is 5.51. The molecule has 168 valence electrons. The van der Waals surface area contributed by atoms with Crippen LogP contribution in [0.15, 0.2) is 6.07 Å². The van der Waals surface area contributed by atoms with Crippen LogP contribution in [-0.4, -0.2) is 70.9 Å². The number of hydrogen-bond acceptors (Lipinski definition) is 8. The Bertz CT molecular complexity index is 1070. The van der Waals surface area contributed by atoms with E-state index in [1.54, 1.807) is 6.07 Å². The first-order valence-corrected chi connectivity index (χ1v) is 12.3. The highest BCUT2D eigenvalue weighted by Gasteiger charge is 2.18. The topological polar surface area (TPSA) is 90.5 Å². The molecule has 2 N–H and O–H groups in total. The molecule has 0 saturated carbocycles. The number of nitrogens with zero attached hydrogens (tertiary/aromatic N) is 4. The molecule has 8 nitrogen and oxygen atoms in total. The highest BCUT2D eigenvalue weighted by molar-refractivity contribution is 7.26. The number of anilines is 2. The van der Waals surface area contributed by atoms with E-state index in [4.69, 9.17) is 11.6 Å². The van der Waals surface area contributed by atoms with Crippen molar-refractivity contribution in [1.82, 2.24) is 19.8 Å². The Morgan fingerprint density at radius 1 is 0.871 bits per heavy atom. The van der Waals surface area contributed by atoms with Gasteiger partial charge in [-0.15, -0.1) is 0 Å². The van der Waals surface area contributed by atoms with Crippen molar-refractivity contribution in [3.63, 3.8) is 0 Å². The molecule has 0 fully saturated rings. The van der Waals surface area contributed by atoms with Crippen LogP contribution in [0.1, 0.15) is 27.7 Å². The Morgan fingerprint density at radius 2 is 1.35 bits per heavy atom. The lowest BCUT2D eigenvalue weighted by atomic mass is 10.3. The molecule has 11 heteroatoms. The van der Waals surface area contributed by atoms with Crippen LogP contribution in [0.4, 0.5) is 10.3 Å². The van der Waals surface area contributed by atoms with Crippen molar-refractivity contribution in [2.24, 2.45) is 0 Å². The van der Waals surface area contributed by atoms with Gasteiger partial charge in [0.2, 0.25) is 11.8 Å². The second-order valence-electron chi connectivity index (χ2n) is 6.94. The molecule has 0 atom stereocenters. The molecule has 0 aliphatic rings. The van der Waals surface area contributed by atoms with Gasteiger partial charge < -0.3 is 10.6 Å². The molecule has 31 heavy (non-hydrogen) atoms. The van der Waals surface area contributed by atoms with E-state index in [-0.39, 0.29) is 11.8 Å². The standard InChI is InChI=1S/C20H27ClN6O2S2/c1-5-26(6-2)10-14(28)22-19-25-17-13(30-19)9-12(21)16-18(17)31-20(24-16)23-15(29)11-27(7-3)8-4/h9H,5-8,10-11H2,1-4H3,(H,22,25,28)(H,23,24,29). The van der Waals surface area contributed by atoms with Crippen molar-refractivity contribution >= 4 is 76.8 Å².